The van der Waals surface area contributed by atoms with Crippen LogP contribution in [-0.2, 0) is 0 Å². The van der Waals surface area contributed by atoms with E-state index in [9.17, 15) is 8.78 Å². The largest absolute Gasteiger partial charge is 0.320 e. The van der Waals surface area contributed by atoms with Crippen molar-refractivity contribution in [2.75, 3.05) is 0 Å². The summed E-state index contributed by atoms with van der Waals surface area (Å²) in [5.41, 5.74) is 7.17. The van der Waals surface area contributed by atoms with Crippen molar-refractivity contribution in [2.24, 2.45) is 5.73 Å². The van der Waals surface area contributed by atoms with Crippen LogP contribution < -0.4 is 5.73 Å². The molecule has 0 aliphatic carbocycles. The Labute approximate surface area is 96.5 Å². The molecule has 0 fully saturated rings. The van der Waals surface area contributed by atoms with E-state index < -0.39 is 17.7 Å². The molecule has 0 unspecified atom stereocenters. The van der Waals surface area contributed by atoms with Crippen LogP contribution in [0.15, 0.2) is 29.0 Å². The molecule has 2 aromatic rings. The van der Waals surface area contributed by atoms with E-state index in [1.54, 1.807) is 6.07 Å². The van der Waals surface area contributed by atoms with Crippen molar-refractivity contribution in [3.63, 3.8) is 0 Å². The smallest absolute Gasteiger partial charge is 0.164 e. The summed E-state index contributed by atoms with van der Waals surface area (Å²) in [7, 11) is 0. The minimum Gasteiger partial charge on any atom is -0.320 e. The lowest BCUT2D eigenvalue weighted by molar-refractivity contribution is 0.489. The van der Waals surface area contributed by atoms with Gasteiger partial charge >= 0.3 is 0 Å². The zero-order valence-corrected chi connectivity index (χ0v) is 9.52. The van der Waals surface area contributed by atoms with Crippen molar-refractivity contribution in [1.82, 2.24) is 0 Å². The van der Waals surface area contributed by atoms with Crippen molar-refractivity contribution in [3.05, 3.63) is 57.3 Å². The van der Waals surface area contributed by atoms with E-state index in [1.807, 2.05) is 16.8 Å². The molecule has 1 heterocycles. The minimum absolute atomic E-state index is 0.196. The Morgan fingerprint density at radius 3 is 2.56 bits per heavy atom. The Morgan fingerprint density at radius 2 is 1.94 bits per heavy atom. The lowest BCUT2D eigenvalue weighted by Crippen LogP contribution is -2.14. The Morgan fingerprint density at radius 1 is 1.19 bits per heavy atom. The normalized spacial score (nSPS) is 12.8. The molecule has 16 heavy (non-hydrogen) atoms. The van der Waals surface area contributed by atoms with Gasteiger partial charge in [-0.15, -0.1) is 0 Å². The number of rotatable bonds is 2. The van der Waals surface area contributed by atoms with Crippen molar-refractivity contribution in [3.8, 4) is 0 Å². The Balaban J connectivity index is 2.45. The third-order valence-corrected chi connectivity index (χ3v) is 3.24. The number of benzene rings is 1. The maximum atomic E-state index is 13.7. The van der Waals surface area contributed by atoms with Gasteiger partial charge in [0.25, 0.3) is 0 Å². The lowest BCUT2D eigenvalue weighted by Gasteiger charge is -2.12. The summed E-state index contributed by atoms with van der Waals surface area (Å²) < 4.78 is 27.0. The summed E-state index contributed by atoms with van der Waals surface area (Å²) >= 11 is 1.48. The van der Waals surface area contributed by atoms with E-state index in [0.717, 1.165) is 5.56 Å². The predicted octanol–water partition coefficient (Wildman–Crippen LogP) is 3.38. The van der Waals surface area contributed by atoms with E-state index in [-0.39, 0.29) is 5.56 Å². The van der Waals surface area contributed by atoms with Gasteiger partial charge in [0.1, 0.15) is 0 Å². The first-order valence-electron chi connectivity index (χ1n) is 4.83. The SMILES string of the molecule is Cc1ccc([C@@H](N)c2ccsc2)c(F)c1F. The van der Waals surface area contributed by atoms with Gasteiger partial charge in [-0.3, -0.25) is 0 Å². The summed E-state index contributed by atoms with van der Waals surface area (Å²) in [4.78, 5) is 0. The maximum Gasteiger partial charge on any atom is 0.164 e. The molecule has 2 rings (SSSR count). The van der Waals surface area contributed by atoms with Gasteiger partial charge in [0.05, 0.1) is 6.04 Å². The molecular weight excluding hydrogens is 228 g/mol. The summed E-state index contributed by atoms with van der Waals surface area (Å²) in [5.74, 6) is -1.66. The second-order valence-corrected chi connectivity index (χ2v) is 4.41. The monoisotopic (exact) mass is 239 g/mol. The van der Waals surface area contributed by atoms with Gasteiger partial charge in [0.2, 0.25) is 0 Å². The van der Waals surface area contributed by atoms with Crippen LogP contribution in [0.2, 0.25) is 0 Å². The standard InChI is InChI=1S/C12H11F2NS/c1-7-2-3-9(11(14)10(7)13)12(15)8-4-5-16-6-8/h2-6,12H,15H2,1H3/t12-/m0/s1. The molecule has 1 atom stereocenters. The van der Waals surface area contributed by atoms with Crippen LogP contribution in [0.5, 0.6) is 0 Å². The molecule has 0 aliphatic rings. The highest BCUT2D eigenvalue weighted by Gasteiger charge is 2.17. The van der Waals surface area contributed by atoms with E-state index in [4.69, 9.17) is 5.73 Å². The fourth-order valence-electron chi connectivity index (χ4n) is 1.53. The van der Waals surface area contributed by atoms with Crippen LogP contribution in [0.3, 0.4) is 0 Å². The van der Waals surface area contributed by atoms with Gasteiger partial charge in [-0.25, -0.2) is 8.78 Å². The Hall–Kier alpha value is -1.26. The second kappa shape index (κ2) is 4.31. The fourth-order valence-corrected chi connectivity index (χ4v) is 2.23. The third-order valence-electron chi connectivity index (χ3n) is 2.54. The molecule has 1 aromatic carbocycles. The number of hydrogen-bond donors (Lipinski definition) is 1. The topological polar surface area (TPSA) is 26.0 Å². The van der Waals surface area contributed by atoms with Crippen molar-refractivity contribution in [2.45, 2.75) is 13.0 Å². The first-order chi connectivity index (χ1) is 7.61. The third kappa shape index (κ3) is 1.86. The molecule has 1 aromatic heterocycles. The van der Waals surface area contributed by atoms with E-state index in [1.165, 1.54) is 24.3 Å². The van der Waals surface area contributed by atoms with Gasteiger partial charge in [-0.2, -0.15) is 11.3 Å². The van der Waals surface area contributed by atoms with Crippen LogP contribution in [0.1, 0.15) is 22.7 Å². The second-order valence-electron chi connectivity index (χ2n) is 3.63. The molecule has 0 amide bonds. The van der Waals surface area contributed by atoms with Gasteiger partial charge in [-0.05, 0) is 34.9 Å². The summed E-state index contributed by atoms with van der Waals surface area (Å²) in [5, 5.41) is 3.69. The molecule has 1 nitrogen and oxygen atoms in total. The molecule has 4 heteroatoms. The molecule has 0 bridgehead atoms. The van der Waals surface area contributed by atoms with Crippen molar-refractivity contribution in [1.29, 1.82) is 0 Å². The quantitative estimate of drug-likeness (QED) is 0.854. The number of nitrogens with two attached hydrogens (primary N) is 1. The number of aryl methyl sites for hydroxylation is 1. The molecule has 0 spiro atoms. The highest BCUT2D eigenvalue weighted by molar-refractivity contribution is 7.08. The summed E-state index contributed by atoms with van der Waals surface area (Å²) in [6, 6.07) is 4.28. The van der Waals surface area contributed by atoms with Gasteiger partial charge < -0.3 is 5.73 Å². The van der Waals surface area contributed by atoms with Gasteiger partial charge in [0, 0.05) is 5.56 Å². The zero-order chi connectivity index (χ0) is 11.7. The van der Waals surface area contributed by atoms with E-state index in [0.29, 0.717) is 5.56 Å². The van der Waals surface area contributed by atoms with Gasteiger partial charge in [0.15, 0.2) is 11.6 Å². The lowest BCUT2D eigenvalue weighted by atomic mass is 10.00. The highest BCUT2D eigenvalue weighted by Crippen LogP contribution is 2.26. The molecule has 84 valence electrons. The number of hydrogen-bond acceptors (Lipinski definition) is 2. The first-order valence-corrected chi connectivity index (χ1v) is 5.77. The summed E-state index contributed by atoms with van der Waals surface area (Å²) in [6.45, 7) is 1.53. The molecule has 2 N–H and O–H groups in total. The van der Waals surface area contributed by atoms with Crippen LogP contribution in [0.25, 0.3) is 0 Å². The predicted molar refractivity (Wildman–Crippen MR) is 61.4 cm³/mol. The molecule has 0 radical (unpaired) electrons. The van der Waals surface area contributed by atoms with Crippen LogP contribution in [-0.4, -0.2) is 0 Å². The van der Waals surface area contributed by atoms with E-state index >= 15 is 0 Å². The molecule has 0 saturated heterocycles. The van der Waals surface area contributed by atoms with Gasteiger partial charge in [-0.1, -0.05) is 12.1 Å². The highest BCUT2D eigenvalue weighted by atomic mass is 32.1. The summed E-state index contributed by atoms with van der Waals surface area (Å²) in [6.07, 6.45) is 0. The average Bonchev–Trinajstić information content (AvgIpc) is 2.79. The van der Waals surface area contributed by atoms with Crippen LogP contribution in [0, 0.1) is 18.6 Å². The zero-order valence-electron chi connectivity index (χ0n) is 8.71. The molecular formula is C12H11F2NS. The Bertz CT molecular complexity index is 494. The van der Waals surface area contributed by atoms with E-state index in [2.05, 4.69) is 0 Å². The minimum atomic E-state index is -0.848. The van der Waals surface area contributed by atoms with Crippen LogP contribution >= 0.6 is 11.3 Å². The average molecular weight is 239 g/mol. The van der Waals surface area contributed by atoms with Crippen molar-refractivity contribution >= 4 is 11.3 Å². The van der Waals surface area contributed by atoms with Crippen LogP contribution in [0.4, 0.5) is 8.78 Å². The number of halogens is 2. The van der Waals surface area contributed by atoms with Crippen molar-refractivity contribution < 1.29 is 8.78 Å². The molecule has 0 saturated carbocycles. The number of thiophene rings is 1. The maximum absolute atomic E-state index is 13.7. The first kappa shape index (κ1) is 11.2. The Kier molecular flexibility index (Phi) is 3.03. The fraction of sp³-hybridized carbons (Fsp3) is 0.167. The molecule has 0 aliphatic heterocycles.